The maximum Gasteiger partial charge on any atom is 4.00 e. The zero-order chi connectivity index (χ0) is 30.7. The molecule has 0 aliphatic rings. The molecule has 6 aromatic carbocycles. The van der Waals surface area contributed by atoms with Gasteiger partial charge in [0.05, 0.1) is 0 Å². The second-order valence-electron chi connectivity index (χ2n) is 9.52. The quantitative estimate of drug-likeness (QED) is 0.102. The van der Waals surface area contributed by atoms with Gasteiger partial charge in [-0.05, 0) is 32.9 Å². The van der Waals surface area contributed by atoms with Crippen LogP contribution in [0.15, 0.2) is 158 Å². The Kier molecular flexibility index (Phi) is 11.9. The number of hydrogen-bond donors (Lipinski definition) is 0. The van der Waals surface area contributed by atoms with Crippen LogP contribution in [-0.2, 0) is 21.7 Å². The average Bonchev–Trinajstić information content (AvgIpc) is 3.86. The summed E-state index contributed by atoms with van der Waals surface area (Å²) >= 11 is 0. The van der Waals surface area contributed by atoms with E-state index in [1.165, 1.54) is 24.3 Å². The number of hydrogen-bond acceptors (Lipinski definition) is 0. The van der Waals surface area contributed by atoms with Crippen molar-refractivity contribution in [1.29, 1.82) is 0 Å². The molecule has 0 spiro atoms. The Bertz CT molecular complexity index is 1770. The first-order valence-electron chi connectivity index (χ1n) is 13.7. The Labute approximate surface area is 274 Å². The summed E-state index contributed by atoms with van der Waals surface area (Å²) in [7, 11) is 0. The summed E-state index contributed by atoms with van der Waals surface area (Å²) in [6.07, 6.45) is 7.22. The third kappa shape index (κ3) is 9.05. The predicted octanol–water partition coefficient (Wildman–Crippen LogP) is 10.2. The first-order valence-corrected chi connectivity index (χ1v) is 13.7. The van der Waals surface area contributed by atoms with Crippen molar-refractivity contribution in [1.82, 2.24) is 9.13 Å². The molecule has 45 heavy (non-hydrogen) atoms. The van der Waals surface area contributed by atoms with Gasteiger partial charge in [0.25, 0.3) is 0 Å². The van der Waals surface area contributed by atoms with E-state index in [-0.39, 0.29) is 21.7 Å². The van der Waals surface area contributed by atoms with Crippen molar-refractivity contribution in [2.24, 2.45) is 0 Å². The van der Waals surface area contributed by atoms with E-state index in [0.29, 0.717) is 11.4 Å². The number of nitrogens with zero attached hydrogens (tertiary/aromatic N) is 2. The van der Waals surface area contributed by atoms with Crippen LogP contribution in [0.5, 0.6) is 0 Å². The molecular formula is C38H26F4N2Ti. The SMILES string of the molecule is Fc1[c-]c(F)c(-n2cc3ccccc3c2)cc1.Fc1[c-]c(F)c(-n2cc3ccccc3c2)cc1.[Ti+4].c1cc[cH-]c1.c1cc[cH-]c1. The van der Waals surface area contributed by atoms with Gasteiger partial charge in [-0.2, -0.15) is 36.4 Å². The normalized spacial score (nSPS) is 10.0. The van der Waals surface area contributed by atoms with Gasteiger partial charge >= 0.3 is 21.7 Å². The average molecular weight is 634 g/mol. The summed E-state index contributed by atoms with van der Waals surface area (Å²) in [6, 6.07) is 44.7. The van der Waals surface area contributed by atoms with Gasteiger partial charge in [-0.3, -0.25) is 0 Å². The van der Waals surface area contributed by atoms with Gasteiger partial charge in [0, 0.05) is 48.1 Å². The van der Waals surface area contributed by atoms with Crippen molar-refractivity contribution >= 4 is 21.5 Å². The van der Waals surface area contributed by atoms with Crippen molar-refractivity contribution in [2.75, 3.05) is 0 Å². The van der Waals surface area contributed by atoms with Crippen molar-refractivity contribution in [2.45, 2.75) is 0 Å². The molecule has 2 heterocycles. The molecule has 0 aliphatic carbocycles. The van der Waals surface area contributed by atoms with Crippen molar-refractivity contribution in [3.8, 4) is 11.4 Å². The Balaban J connectivity index is 0.000000154. The number of benzene rings is 4. The van der Waals surface area contributed by atoms with Gasteiger partial charge in [-0.15, -0.1) is 36.4 Å². The fourth-order valence-corrected chi connectivity index (χ4v) is 4.36. The molecule has 8 rings (SSSR count). The van der Waals surface area contributed by atoms with Crippen LogP contribution in [0.25, 0.3) is 32.9 Å². The van der Waals surface area contributed by atoms with E-state index in [1.54, 1.807) is 33.9 Å². The van der Waals surface area contributed by atoms with E-state index in [4.69, 9.17) is 0 Å². The second-order valence-corrected chi connectivity index (χ2v) is 9.52. The monoisotopic (exact) mass is 634 g/mol. The molecule has 0 amide bonds. The molecule has 0 aliphatic heterocycles. The van der Waals surface area contributed by atoms with E-state index in [2.05, 4.69) is 0 Å². The van der Waals surface area contributed by atoms with Crippen LogP contribution >= 0.6 is 0 Å². The fraction of sp³-hybridized carbons (Fsp3) is 0. The standard InChI is InChI=1S/2C14H8F2N.2C5H5.Ti/c2*15-12-5-6-14(13(16)7-12)17-8-10-3-1-2-4-11(10)9-17;2*1-2-4-5-3-1;/h2*1-6,8-9H;2*1-5H;/q4*-1;+4. The predicted molar refractivity (Wildman–Crippen MR) is 168 cm³/mol. The molecule has 220 valence electrons. The van der Waals surface area contributed by atoms with Gasteiger partial charge < -0.3 is 9.13 Å². The molecule has 2 aromatic heterocycles. The molecule has 0 N–H and O–H groups in total. The largest absolute Gasteiger partial charge is 4.00 e. The molecule has 0 radical (unpaired) electrons. The summed E-state index contributed by atoms with van der Waals surface area (Å²) < 4.78 is 55.9. The van der Waals surface area contributed by atoms with Gasteiger partial charge in [0.2, 0.25) is 0 Å². The number of halogens is 4. The van der Waals surface area contributed by atoms with Crippen LogP contribution in [-0.4, -0.2) is 9.13 Å². The van der Waals surface area contributed by atoms with Crippen molar-refractivity contribution in [3.05, 3.63) is 194 Å². The molecule has 0 saturated carbocycles. The van der Waals surface area contributed by atoms with E-state index in [1.807, 2.05) is 121 Å². The van der Waals surface area contributed by atoms with E-state index < -0.39 is 23.3 Å². The minimum absolute atomic E-state index is 0. The first kappa shape index (κ1) is 33.0. The minimum atomic E-state index is -0.692. The Morgan fingerprint density at radius 1 is 0.422 bits per heavy atom. The minimum Gasteiger partial charge on any atom is -0.374 e. The summed E-state index contributed by atoms with van der Waals surface area (Å²) in [6.45, 7) is 0. The van der Waals surface area contributed by atoms with Gasteiger partial charge in [-0.1, -0.05) is 48.5 Å². The van der Waals surface area contributed by atoms with Crippen LogP contribution < -0.4 is 0 Å². The van der Waals surface area contributed by atoms with E-state index >= 15 is 0 Å². The molecule has 2 nitrogen and oxygen atoms in total. The summed E-state index contributed by atoms with van der Waals surface area (Å²) in [5, 5.41) is 4.04. The van der Waals surface area contributed by atoms with Crippen molar-refractivity contribution in [3.63, 3.8) is 0 Å². The number of rotatable bonds is 2. The van der Waals surface area contributed by atoms with E-state index in [0.717, 1.165) is 21.5 Å². The summed E-state index contributed by atoms with van der Waals surface area (Å²) in [4.78, 5) is 0. The third-order valence-corrected chi connectivity index (χ3v) is 6.46. The zero-order valence-electron chi connectivity index (χ0n) is 23.9. The van der Waals surface area contributed by atoms with Crippen LogP contribution in [0.1, 0.15) is 0 Å². The molecule has 0 unspecified atom stereocenters. The fourth-order valence-electron chi connectivity index (χ4n) is 4.36. The summed E-state index contributed by atoms with van der Waals surface area (Å²) in [5.74, 6) is -2.76. The Hall–Kier alpha value is -4.91. The maximum atomic E-state index is 13.5. The number of fused-ring (bicyclic) bond motifs is 2. The van der Waals surface area contributed by atoms with Crippen LogP contribution in [0, 0.1) is 35.4 Å². The van der Waals surface area contributed by atoms with Gasteiger partial charge in [0.1, 0.15) is 0 Å². The second kappa shape index (κ2) is 16.2. The molecule has 0 fully saturated rings. The van der Waals surface area contributed by atoms with Crippen LogP contribution in [0.4, 0.5) is 17.6 Å². The molecule has 0 saturated heterocycles. The topological polar surface area (TPSA) is 9.86 Å². The first-order chi connectivity index (χ1) is 21.5. The van der Waals surface area contributed by atoms with E-state index in [9.17, 15) is 17.6 Å². The smallest absolute Gasteiger partial charge is 0.374 e. The van der Waals surface area contributed by atoms with Crippen molar-refractivity contribution < 1.29 is 39.3 Å². The molecular weight excluding hydrogens is 608 g/mol. The van der Waals surface area contributed by atoms with Gasteiger partial charge in [-0.25, -0.2) is 41.8 Å². The molecule has 7 heteroatoms. The molecule has 0 atom stereocenters. The van der Waals surface area contributed by atoms with Gasteiger partial charge in [0.15, 0.2) is 0 Å². The summed E-state index contributed by atoms with van der Waals surface area (Å²) in [5.41, 5.74) is 0.588. The zero-order valence-corrected chi connectivity index (χ0v) is 25.5. The van der Waals surface area contributed by atoms with Crippen LogP contribution in [0.2, 0.25) is 0 Å². The number of aromatic nitrogens is 2. The molecule has 0 bridgehead atoms. The molecule has 8 aromatic rings. The maximum absolute atomic E-state index is 13.5. The Morgan fingerprint density at radius 3 is 0.978 bits per heavy atom. The van der Waals surface area contributed by atoms with Crippen LogP contribution in [0.3, 0.4) is 0 Å². The third-order valence-electron chi connectivity index (χ3n) is 6.46. The Morgan fingerprint density at radius 2 is 0.733 bits per heavy atom.